The molecule has 0 atom stereocenters. The molecule has 0 fully saturated rings. The molecule has 0 rings (SSSR count). The van der Waals surface area contributed by atoms with E-state index in [2.05, 4.69) is 0 Å². The van der Waals surface area contributed by atoms with Gasteiger partial charge in [-0.25, -0.2) is 0 Å². The minimum atomic E-state index is 0. The van der Waals surface area contributed by atoms with Crippen molar-refractivity contribution in [2.45, 2.75) is 0 Å². The second kappa shape index (κ2) is 156. The van der Waals surface area contributed by atoms with Crippen LogP contribution in [0.15, 0.2) is 0 Å². The second-order valence-electron chi connectivity index (χ2n) is 0.335. The molecular formula is C3H3FeN6. The third kappa shape index (κ3) is 71.6. The van der Waals surface area contributed by atoms with Crippen LogP contribution in [0.4, 0.5) is 0 Å². The van der Waals surface area contributed by atoms with Crippen LogP contribution in [0.2, 0.25) is 0 Å². The summed E-state index contributed by atoms with van der Waals surface area (Å²) in [6, 6.07) is 0. The minimum absolute atomic E-state index is 0. The zero-order valence-corrected chi connectivity index (χ0v) is 5.80. The van der Waals surface area contributed by atoms with Gasteiger partial charge in [-0.15, -0.1) is 0 Å². The molecule has 0 saturated carbocycles. The van der Waals surface area contributed by atoms with Crippen molar-refractivity contribution >= 4 is 0 Å². The molecular weight excluding hydrogens is 176 g/mol. The van der Waals surface area contributed by atoms with Gasteiger partial charge in [0.15, 0.2) is 0 Å². The van der Waals surface area contributed by atoms with Crippen molar-refractivity contribution in [2.75, 3.05) is 0 Å². The van der Waals surface area contributed by atoms with Gasteiger partial charge in [0.2, 0.25) is 0 Å². The first-order valence-corrected chi connectivity index (χ1v) is 1.42. The van der Waals surface area contributed by atoms with Crippen molar-refractivity contribution in [1.82, 2.24) is 0 Å². The first-order chi connectivity index (χ1) is 4.24. The van der Waals surface area contributed by atoms with Crippen molar-refractivity contribution in [3.05, 3.63) is 17.2 Å². The van der Waals surface area contributed by atoms with Gasteiger partial charge in [0.1, 0.15) is 0 Å². The summed E-state index contributed by atoms with van der Waals surface area (Å²) in [6.07, 6.45) is 3.00. The van der Waals surface area contributed by atoms with Gasteiger partial charge in [-0.05, 0) is 0 Å². The molecule has 0 aliphatic carbocycles. The van der Waals surface area contributed by atoms with Gasteiger partial charge in [0.25, 0.3) is 0 Å². The fourth-order valence-corrected chi connectivity index (χ4v) is 0. The average Bonchev–Trinajstić information content (AvgIpc) is 1.70. The maximum absolute atomic E-state index is 6.99. The summed E-state index contributed by atoms with van der Waals surface area (Å²) in [7, 11) is 0. The summed E-state index contributed by atoms with van der Waals surface area (Å²) in [5.74, 6) is 0. The molecule has 0 unspecified atom stereocenters. The Hall–Kier alpha value is -1.61. The molecule has 0 heterocycles. The molecule has 0 spiro atoms. The van der Waals surface area contributed by atoms with Crippen LogP contribution in [0.25, 0.3) is 17.2 Å². The zero-order chi connectivity index (χ0) is 8.12. The molecule has 3 N–H and O–H groups in total. The van der Waals surface area contributed by atoms with Gasteiger partial charge >= 0.3 is 17.1 Å². The Morgan fingerprint density at radius 2 is 0.700 bits per heavy atom. The van der Waals surface area contributed by atoms with E-state index < -0.39 is 0 Å². The molecule has 6 nitrogen and oxygen atoms in total. The monoisotopic (exact) mass is 179 g/mol. The Morgan fingerprint density at radius 1 is 0.700 bits per heavy atom. The molecule has 0 aromatic heterocycles. The first kappa shape index (κ1) is 23.8. The van der Waals surface area contributed by atoms with E-state index in [1.165, 1.54) is 0 Å². The van der Waals surface area contributed by atoms with Crippen LogP contribution in [0, 0.1) is 34.4 Å². The van der Waals surface area contributed by atoms with Gasteiger partial charge in [-0.1, -0.05) is 18.6 Å². The van der Waals surface area contributed by atoms with E-state index in [0.29, 0.717) is 0 Å². The summed E-state index contributed by atoms with van der Waals surface area (Å²) in [5, 5.41) is 21.0. The number of nitriles is 3. The van der Waals surface area contributed by atoms with E-state index in [0.717, 1.165) is 18.6 Å². The standard InChI is InChI=1S/3CHN2.Fe/c3*2-1-3;/h3*2H;/q3*-1;+3. The smallest absolute Gasteiger partial charge is 0.494 e. The quantitative estimate of drug-likeness (QED) is 0.410. The van der Waals surface area contributed by atoms with Crippen molar-refractivity contribution in [3.63, 3.8) is 0 Å². The molecule has 0 aliphatic rings. The topological polar surface area (TPSA) is 143 Å². The summed E-state index contributed by atoms with van der Waals surface area (Å²) in [4.78, 5) is 0. The third-order valence-corrected chi connectivity index (χ3v) is 0. The summed E-state index contributed by atoms with van der Waals surface area (Å²) >= 11 is 0. The Kier molecular flexibility index (Phi) is 372. The largest absolute Gasteiger partial charge is 3.00 e. The molecule has 0 amide bonds. The van der Waals surface area contributed by atoms with E-state index in [1.54, 1.807) is 0 Å². The molecule has 10 heavy (non-hydrogen) atoms. The Balaban J connectivity index is -0.0000000257. The number of hydrogen-bond donors (Lipinski definition) is 0. The summed E-state index contributed by atoms with van der Waals surface area (Å²) < 4.78 is 0. The maximum atomic E-state index is 6.99. The maximum Gasteiger partial charge on any atom is 3.00 e. The third-order valence-electron chi connectivity index (χ3n) is 0. The van der Waals surface area contributed by atoms with Crippen LogP contribution in [-0.4, -0.2) is 0 Å². The van der Waals surface area contributed by atoms with Crippen molar-refractivity contribution < 1.29 is 17.1 Å². The van der Waals surface area contributed by atoms with Crippen LogP contribution < -0.4 is 0 Å². The molecule has 0 aliphatic heterocycles. The van der Waals surface area contributed by atoms with Gasteiger partial charge in [-0.3, -0.25) is 0 Å². The second-order valence-corrected chi connectivity index (χ2v) is 0.335. The Bertz CT molecular complexity index is 106. The number of nitrogens with one attached hydrogen (secondary N) is 3. The van der Waals surface area contributed by atoms with E-state index >= 15 is 0 Å². The fraction of sp³-hybridized carbons (Fsp3) is 0. The van der Waals surface area contributed by atoms with Gasteiger partial charge in [-0.2, -0.15) is 0 Å². The van der Waals surface area contributed by atoms with E-state index in [1.807, 2.05) is 0 Å². The van der Waals surface area contributed by atoms with Crippen LogP contribution in [-0.2, 0) is 17.1 Å². The molecule has 53 valence electrons. The number of nitrogens with zero attached hydrogens (tertiary/aromatic N) is 3. The first-order valence-electron chi connectivity index (χ1n) is 1.42. The predicted molar refractivity (Wildman–Crippen MR) is 29.8 cm³/mol. The van der Waals surface area contributed by atoms with E-state index in [9.17, 15) is 0 Å². The van der Waals surface area contributed by atoms with Gasteiger partial charge in [0, 0.05) is 0 Å². The van der Waals surface area contributed by atoms with Crippen molar-refractivity contribution in [2.24, 2.45) is 0 Å². The molecule has 0 aromatic rings. The van der Waals surface area contributed by atoms with Crippen LogP contribution in [0.5, 0.6) is 0 Å². The Labute approximate surface area is 69.3 Å². The zero-order valence-electron chi connectivity index (χ0n) is 4.70. The van der Waals surface area contributed by atoms with Crippen LogP contribution in [0.3, 0.4) is 0 Å². The van der Waals surface area contributed by atoms with Crippen LogP contribution >= 0.6 is 0 Å². The molecule has 7 heteroatoms. The molecule has 1 radical (unpaired) electrons. The van der Waals surface area contributed by atoms with Gasteiger partial charge in [0.05, 0.1) is 0 Å². The van der Waals surface area contributed by atoms with E-state index in [4.69, 9.17) is 33.0 Å². The predicted octanol–water partition coefficient (Wildman–Crippen LogP) is 1.56. The summed E-state index contributed by atoms with van der Waals surface area (Å²) in [6.45, 7) is 0. The average molecular weight is 179 g/mol. The Morgan fingerprint density at radius 3 is 0.700 bits per heavy atom. The van der Waals surface area contributed by atoms with Crippen molar-refractivity contribution in [3.8, 4) is 18.6 Å². The molecule has 0 bridgehead atoms. The molecule has 0 aromatic carbocycles. The molecule has 0 saturated heterocycles. The number of hydrogen-bond acceptors (Lipinski definition) is 3. The normalized spacial score (nSPS) is 2.10. The van der Waals surface area contributed by atoms with Crippen LogP contribution in [0.1, 0.15) is 0 Å². The fourth-order valence-electron chi connectivity index (χ4n) is 0. The SMILES string of the molecule is N#C[NH-].N#C[NH-].N#C[NH-].[Fe+3]. The van der Waals surface area contributed by atoms with Gasteiger partial charge < -0.3 is 33.0 Å². The number of rotatable bonds is 0. The van der Waals surface area contributed by atoms with Crippen molar-refractivity contribution in [1.29, 1.82) is 15.8 Å². The van der Waals surface area contributed by atoms with E-state index in [-0.39, 0.29) is 17.1 Å². The minimum Gasteiger partial charge on any atom is -0.494 e. The summed E-state index contributed by atoms with van der Waals surface area (Å²) in [5.41, 5.74) is 16.5.